The van der Waals surface area contributed by atoms with Gasteiger partial charge in [0.15, 0.2) is 5.75 Å². The molecule has 0 aromatic heterocycles. The summed E-state index contributed by atoms with van der Waals surface area (Å²) in [7, 11) is 1.27. The molecule has 3 aromatic carbocycles. The molecule has 114 valence electrons. The van der Waals surface area contributed by atoms with Crippen LogP contribution in [0.1, 0.15) is 10.4 Å². The van der Waals surface area contributed by atoms with Crippen molar-refractivity contribution < 1.29 is 14.6 Å². The Kier molecular flexibility index (Phi) is 4.01. The lowest BCUT2D eigenvalue weighted by molar-refractivity contribution is 0.0597. The van der Waals surface area contributed by atoms with Gasteiger partial charge in [0.25, 0.3) is 0 Å². The third-order valence-electron chi connectivity index (χ3n) is 3.42. The normalized spacial score (nSPS) is 11.0. The number of fused-ring (bicyclic) bond motifs is 1. The molecule has 3 rings (SSSR count). The highest BCUT2D eigenvalue weighted by Crippen LogP contribution is 2.39. The largest absolute Gasteiger partial charge is 0.505 e. The second-order valence-electron chi connectivity index (χ2n) is 4.87. The maximum atomic E-state index is 11.8. The molecule has 0 aliphatic rings. The number of benzene rings is 3. The van der Waals surface area contributed by atoms with Gasteiger partial charge in [0, 0.05) is 5.39 Å². The number of azo groups is 1. The van der Waals surface area contributed by atoms with Gasteiger partial charge in [-0.15, -0.1) is 5.11 Å². The average Bonchev–Trinajstić information content (AvgIpc) is 2.60. The van der Waals surface area contributed by atoms with E-state index in [9.17, 15) is 9.90 Å². The van der Waals surface area contributed by atoms with Gasteiger partial charge in [0.1, 0.15) is 11.3 Å². The van der Waals surface area contributed by atoms with Crippen LogP contribution in [0, 0.1) is 0 Å². The summed E-state index contributed by atoms with van der Waals surface area (Å²) in [6, 6.07) is 18.1. The summed E-state index contributed by atoms with van der Waals surface area (Å²) < 4.78 is 4.71. The quantitative estimate of drug-likeness (QED) is 0.561. The Balaban J connectivity index is 2.19. The molecule has 0 saturated carbocycles. The van der Waals surface area contributed by atoms with Crippen LogP contribution in [0.25, 0.3) is 10.8 Å². The summed E-state index contributed by atoms with van der Waals surface area (Å²) in [6.45, 7) is 0. The topological polar surface area (TPSA) is 71.2 Å². The van der Waals surface area contributed by atoms with Gasteiger partial charge in [-0.1, -0.05) is 42.5 Å². The van der Waals surface area contributed by atoms with Gasteiger partial charge in [-0.05, 0) is 23.6 Å². The molecule has 5 heteroatoms. The first-order valence-corrected chi connectivity index (χ1v) is 7.00. The van der Waals surface area contributed by atoms with Crippen LogP contribution >= 0.6 is 0 Å². The monoisotopic (exact) mass is 306 g/mol. The molecule has 0 radical (unpaired) electrons. The van der Waals surface area contributed by atoms with Crippen molar-refractivity contribution in [1.82, 2.24) is 0 Å². The lowest BCUT2D eigenvalue weighted by Crippen LogP contribution is -2.01. The number of esters is 1. The number of rotatable bonds is 3. The van der Waals surface area contributed by atoms with Crippen LogP contribution in [0.2, 0.25) is 0 Å². The summed E-state index contributed by atoms with van der Waals surface area (Å²) >= 11 is 0. The molecule has 5 nitrogen and oxygen atoms in total. The SMILES string of the molecule is COC(=O)c1cc2ccccc2c(/N=N/c2ccccc2)c1O. The van der Waals surface area contributed by atoms with Crippen molar-refractivity contribution in [3.8, 4) is 5.75 Å². The van der Waals surface area contributed by atoms with Crippen LogP contribution < -0.4 is 0 Å². The molecule has 23 heavy (non-hydrogen) atoms. The predicted molar refractivity (Wildman–Crippen MR) is 87.6 cm³/mol. The fraction of sp³-hybridized carbons (Fsp3) is 0.0556. The first-order chi connectivity index (χ1) is 11.2. The summed E-state index contributed by atoms with van der Waals surface area (Å²) in [6.07, 6.45) is 0. The lowest BCUT2D eigenvalue weighted by Gasteiger charge is -2.08. The van der Waals surface area contributed by atoms with Crippen molar-refractivity contribution in [2.45, 2.75) is 0 Å². The van der Waals surface area contributed by atoms with Crippen LogP contribution in [-0.4, -0.2) is 18.2 Å². The van der Waals surface area contributed by atoms with Gasteiger partial charge in [-0.25, -0.2) is 4.79 Å². The number of aromatic hydroxyl groups is 1. The molecule has 0 atom stereocenters. The van der Waals surface area contributed by atoms with E-state index in [0.29, 0.717) is 11.1 Å². The maximum Gasteiger partial charge on any atom is 0.341 e. The second-order valence-corrected chi connectivity index (χ2v) is 4.87. The summed E-state index contributed by atoms with van der Waals surface area (Å²) in [5.41, 5.74) is 0.958. The van der Waals surface area contributed by atoms with E-state index in [1.165, 1.54) is 7.11 Å². The van der Waals surface area contributed by atoms with Crippen molar-refractivity contribution in [2.75, 3.05) is 7.11 Å². The molecule has 0 saturated heterocycles. The van der Waals surface area contributed by atoms with E-state index in [4.69, 9.17) is 4.74 Å². The summed E-state index contributed by atoms with van der Waals surface area (Å²) in [4.78, 5) is 11.8. The fourth-order valence-corrected chi connectivity index (χ4v) is 2.29. The Morgan fingerprint density at radius 2 is 1.70 bits per heavy atom. The van der Waals surface area contributed by atoms with Gasteiger partial charge in [-0.3, -0.25) is 0 Å². The molecule has 0 heterocycles. The molecule has 0 spiro atoms. The number of nitrogens with zero attached hydrogens (tertiary/aromatic N) is 2. The first-order valence-electron chi connectivity index (χ1n) is 7.00. The van der Waals surface area contributed by atoms with E-state index in [-0.39, 0.29) is 17.0 Å². The highest BCUT2D eigenvalue weighted by atomic mass is 16.5. The maximum absolute atomic E-state index is 11.8. The van der Waals surface area contributed by atoms with E-state index >= 15 is 0 Å². The number of phenols is 1. The van der Waals surface area contributed by atoms with E-state index < -0.39 is 5.97 Å². The van der Waals surface area contributed by atoms with Crippen molar-refractivity contribution in [2.24, 2.45) is 10.2 Å². The number of carbonyl (C=O) groups excluding carboxylic acids is 1. The minimum atomic E-state index is -0.621. The van der Waals surface area contributed by atoms with E-state index in [1.54, 1.807) is 18.2 Å². The Bertz CT molecular complexity index is 889. The number of phenolic OH excluding ortho intramolecular Hbond substituents is 1. The molecule has 0 aliphatic heterocycles. The molecule has 0 unspecified atom stereocenters. The zero-order chi connectivity index (χ0) is 16.2. The van der Waals surface area contributed by atoms with Gasteiger partial charge in [-0.2, -0.15) is 5.11 Å². The molecule has 3 aromatic rings. The van der Waals surface area contributed by atoms with Gasteiger partial charge < -0.3 is 9.84 Å². The molecule has 1 N–H and O–H groups in total. The third kappa shape index (κ3) is 2.89. The predicted octanol–water partition coefficient (Wildman–Crippen LogP) is 4.75. The van der Waals surface area contributed by atoms with Crippen molar-refractivity contribution >= 4 is 28.1 Å². The minimum Gasteiger partial charge on any atom is -0.505 e. The Labute approximate surface area is 132 Å². The van der Waals surface area contributed by atoms with Gasteiger partial charge in [0.2, 0.25) is 0 Å². The smallest absolute Gasteiger partial charge is 0.341 e. The van der Waals surface area contributed by atoms with Crippen molar-refractivity contribution in [1.29, 1.82) is 0 Å². The molecule has 0 bridgehead atoms. The van der Waals surface area contributed by atoms with E-state index in [2.05, 4.69) is 10.2 Å². The van der Waals surface area contributed by atoms with Crippen LogP contribution in [0.15, 0.2) is 70.9 Å². The Morgan fingerprint density at radius 3 is 2.43 bits per heavy atom. The fourth-order valence-electron chi connectivity index (χ4n) is 2.29. The number of carbonyl (C=O) groups is 1. The molecule has 0 aliphatic carbocycles. The van der Waals surface area contributed by atoms with E-state index in [0.717, 1.165) is 5.39 Å². The van der Waals surface area contributed by atoms with E-state index in [1.807, 2.05) is 42.5 Å². The van der Waals surface area contributed by atoms with Crippen LogP contribution in [0.4, 0.5) is 11.4 Å². The number of ether oxygens (including phenoxy) is 1. The third-order valence-corrected chi connectivity index (χ3v) is 3.42. The Morgan fingerprint density at radius 1 is 1.00 bits per heavy atom. The minimum absolute atomic E-state index is 0.0632. The number of methoxy groups -OCH3 is 1. The van der Waals surface area contributed by atoms with Crippen LogP contribution in [0.5, 0.6) is 5.75 Å². The average molecular weight is 306 g/mol. The molecular formula is C18H14N2O3. The molecule has 0 fully saturated rings. The van der Waals surface area contributed by atoms with Crippen LogP contribution in [-0.2, 0) is 4.74 Å². The highest BCUT2D eigenvalue weighted by molar-refractivity contribution is 6.04. The number of hydrogen-bond acceptors (Lipinski definition) is 5. The standard InChI is InChI=1S/C18H14N2O3/c1-23-18(22)15-11-12-7-5-6-10-14(12)16(17(15)21)20-19-13-8-3-2-4-9-13/h2-11,21H,1H3/b20-19+. The lowest BCUT2D eigenvalue weighted by atomic mass is 10.0. The highest BCUT2D eigenvalue weighted by Gasteiger charge is 2.18. The van der Waals surface area contributed by atoms with Gasteiger partial charge >= 0.3 is 5.97 Å². The Hall–Kier alpha value is -3.21. The zero-order valence-corrected chi connectivity index (χ0v) is 12.4. The molecule has 0 amide bonds. The first kappa shape index (κ1) is 14.7. The van der Waals surface area contributed by atoms with Gasteiger partial charge in [0.05, 0.1) is 12.8 Å². The zero-order valence-electron chi connectivity index (χ0n) is 12.4. The number of hydrogen-bond donors (Lipinski definition) is 1. The summed E-state index contributed by atoms with van der Waals surface area (Å²) in [5.74, 6) is -0.861. The molecular weight excluding hydrogens is 292 g/mol. The van der Waals surface area contributed by atoms with Crippen molar-refractivity contribution in [3.05, 3.63) is 66.2 Å². The second kappa shape index (κ2) is 6.27. The summed E-state index contributed by atoms with van der Waals surface area (Å²) in [5, 5.41) is 20.2. The van der Waals surface area contributed by atoms with Crippen molar-refractivity contribution in [3.63, 3.8) is 0 Å². The van der Waals surface area contributed by atoms with Crippen LogP contribution in [0.3, 0.4) is 0 Å².